The number of hydrogen-bond acceptors (Lipinski definition) is 8. The number of aliphatic hydroxyl groups is 2. The van der Waals surface area contributed by atoms with Crippen LogP contribution in [0.4, 0.5) is 13.2 Å². The van der Waals surface area contributed by atoms with Crippen molar-refractivity contribution in [2.75, 3.05) is 19.7 Å². The zero-order valence-electron chi connectivity index (χ0n) is 24.2. The molecule has 1 aromatic heterocycles. The molecule has 1 unspecified atom stereocenters. The molecule has 14 heteroatoms. The number of ether oxygens (including phenoxy) is 1. The standard InChI is InChI=1S/C29H39Cl2F3N4O5/c1-3-43-27(41)18-4-6-19(7-5-18)37-25(29(32,33)34)20(12-35)26(40)38(15-17-8-10-28(2,42)11-9-17)16-23(39)24-21(30)13-36-14-22(24)31/h12-14,17-19,23,35,37,39,42H,3-11,15-16H2,1-2H3/b25-20+,35-12?/t17?,18-,19-,23?,28?. The van der Waals surface area contributed by atoms with Crippen LogP contribution in [-0.2, 0) is 14.3 Å². The first-order chi connectivity index (χ1) is 20.2. The van der Waals surface area contributed by atoms with Gasteiger partial charge < -0.3 is 30.6 Å². The highest BCUT2D eigenvalue weighted by Crippen LogP contribution is 2.35. The first kappa shape index (κ1) is 35.1. The van der Waals surface area contributed by atoms with Crippen LogP contribution in [0.2, 0.25) is 10.0 Å². The molecule has 4 N–H and O–H groups in total. The fraction of sp³-hybridized carbons (Fsp3) is 0.655. The van der Waals surface area contributed by atoms with Gasteiger partial charge in [-0.2, -0.15) is 13.2 Å². The third-order valence-corrected chi connectivity index (χ3v) is 8.79. The normalized spacial score (nSPS) is 25.7. The van der Waals surface area contributed by atoms with Gasteiger partial charge in [0.15, 0.2) is 0 Å². The topological polar surface area (TPSA) is 136 Å². The number of esters is 1. The quantitative estimate of drug-likeness (QED) is 0.144. The number of rotatable bonds is 11. The molecule has 2 saturated carbocycles. The second kappa shape index (κ2) is 15.0. The Bertz CT molecular complexity index is 1160. The number of amides is 1. The number of alkyl halides is 3. The fourth-order valence-corrected chi connectivity index (χ4v) is 6.35. The highest BCUT2D eigenvalue weighted by atomic mass is 35.5. The van der Waals surface area contributed by atoms with Crippen LogP contribution in [0.15, 0.2) is 23.7 Å². The number of allylic oxidation sites excluding steroid dienone is 1. The van der Waals surface area contributed by atoms with Crippen molar-refractivity contribution in [3.63, 3.8) is 0 Å². The van der Waals surface area contributed by atoms with Crippen molar-refractivity contribution in [2.24, 2.45) is 11.8 Å². The van der Waals surface area contributed by atoms with Gasteiger partial charge in [-0.25, -0.2) is 0 Å². The number of pyridine rings is 1. The average Bonchev–Trinajstić information content (AvgIpc) is 2.93. The van der Waals surface area contributed by atoms with E-state index < -0.39 is 53.6 Å². The number of nitrogens with zero attached hydrogens (tertiary/aromatic N) is 2. The van der Waals surface area contributed by atoms with Crippen LogP contribution < -0.4 is 5.32 Å². The van der Waals surface area contributed by atoms with Gasteiger partial charge in [-0.1, -0.05) is 23.2 Å². The summed E-state index contributed by atoms with van der Waals surface area (Å²) in [6, 6.07) is -0.681. The molecular weight excluding hydrogens is 612 g/mol. The van der Waals surface area contributed by atoms with Gasteiger partial charge in [-0.05, 0) is 71.1 Å². The number of halogens is 5. The zero-order valence-corrected chi connectivity index (χ0v) is 25.7. The molecule has 2 aliphatic rings. The highest BCUT2D eigenvalue weighted by molar-refractivity contribution is 6.35. The van der Waals surface area contributed by atoms with E-state index in [2.05, 4.69) is 10.3 Å². The molecule has 1 amide bonds. The predicted molar refractivity (Wildman–Crippen MR) is 156 cm³/mol. The molecule has 0 radical (unpaired) electrons. The fourth-order valence-electron chi connectivity index (χ4n) is 5.73. The lowest BCUT2D eigenvalue weighted by atomic mass is 9.79. The highest BCUT2D eigenvalue weighted by Gasteiger charge is 2.42. The molecule has 1 aromatic rings. The number of carbonyl (C=O) groups is 2. The SMILES string of the molecule is CCOC(=O)[C@H]1CC[C@H](N/C(=C(\C=N)C(=O)N(CC2CCC(C)(O)CC2)CC(O)c2c(Cl)cncc2Cl)C(F)(F)F)CC1. The summed E-state index contributed by atoms with van der Waals surface area (Å²) in [4.78, 5) is 30.8. The monoisotopic (exact) mass is 650 g/mol. The van der Waals surface area contributed by atoms with E-state index in [1.165, 1.54) is 12.4 Å². The van der Waals surface area contributed by atoms with Gasteiger partial charge in [0.05, 0.1) is 46.4 Å². The number of carbonyl (C=O) groups excluding carboxylic acids is 2. The van der Waals surface area contributed by atoms with E-state index >= 15 is 0 Å². The van der Waals surface area contributed by atoms with E-state index in [1.54, 1.807) is 13.8 Å². The summed E-state index contributed by atoms with van der Waals surface area (Å²) in [5, 5.41) is 31.8. The maximum Gasteiger partial charge on any atom is 0.431 e. The molecule has 9 nitrogen and oxygen atoms in total. The lowest BCUT2D eigenvalue weighted by Gasteiger charge is -2.37. The molecule has 0 spiro atoms. The van der Waals surface area contributed by atoms with Crippen LogP contribution in [-0.4, -0.2) is 75.7 Å². The van der Waals surface area contributed by atoms with Crippen molar-refractivity contribution >= 4 is 41.3 Å². The first-order valence-electron chi connectivity index (χ1n) is 14.4. The van der Waals surface area contributed by atoms with E-state index in [9.17, 15) is 33.0 Å². The summed E-state index contributed by atoms with van der Waals surface area (Å²) < 4.78 is 48.3. The van der Waals surface area contributed by atoms with Gasteiger partial charge in [-0.15, -0.1) is 0 Å². The Kier molecular flexibility index (Phi) is 12.3. The minimum atomic E-state index is -4.99. The number of aromatic nitrogens is 1. The maximum atomic E-state index is 14.4. The van der Waals surface area contributed by atoms with E-state index in [-0.39, 0.29) is 53.5 Å². The molecule has 0 saturated heterocycles. The van der Waals surface area contributed by atoms with Crippen molar-refractivity contribution in [3.05, 3.63) is 39.3 Å². The summed E-state index contributed by atoms with van der Waals surface area (Å²) in [5.41, 5.74) is -3.04. The van der Waals surface area contributed by atoms with E-state index in [1.807, 2.05) is 0 Å². The molecule has 0 aliphatic heterocycles. The molecule has 2 fully saturated rings. The van der Waals surface area contributed by atoms with Gasteiger partial charge in [0.1, 0.15) is 5.70 Å². The Morgan fingerprint density at radius 1 is 1.19 bits per heavy atom. The molecule has 1 atom stereocenters. The summed E-state index contributed by atoms with van der Waals surface area (Å²) >= 11 is 12.4. The molecule has 3 rings (SSSR count). The van der Waals surface area contributed by atoms with E-state index in [0.29, 0.717) is 44.7 Å². The summed E-state index contributed by atoms with van der Waals surface area (Å²) in [6.07, 6.45) is -0.500. The maximum absolute atomic E-state index is 14.4. The van der Waals surface area contributed by atoms with Crippen molar-refractivity contribution in [2.45, 2.75) is 89.1 Å². The van der Waals surface area contributed by atoms with Gasteiger partial charge in [0.25, 0.3) is 5.91 Å². The molecular formula is C29H39Cl2F3N4O5. The zero-order chi connectivity index (χ0) is 31.9. The van der Waals surface area contributed by atoms with Crippen molar-refractivity contribution in [3.8, 4) is 0 Å². The predicted octanol–water partition coefficient (Wildman–Crippen LogP) is 5.37. The van der Waals surface area contributed by atoms with Crippen LogP contribution in [0.5, 0.6) is 0 Å². The Morgan fingerprint density at radius 3 is 2.28 bits per heavy atom. The van der Waals surface area contributed by atoms with Crippen molar-refractivity contribution in [1.29, 1.82) is 5.41 Å². The molecule has 2 aliphatic carbocycles. The Labute approximate surface area is 259 Å². The van der Waals surface area contributed by atoms with Crippen LogP contribution in [0.3, 0.4) is 0 Å². The van der Waals surface area contributed by atoms with Crippen LogP contribution in [0.25, 0.3) is 0 Å². The first-order valence-corrected chi connectivity index (χ1v) is 15.2. The largest absolute Gasteiger partial charge is 0.466 e. The van der Waals surface area contributed by atoms with Crippen LogP contribution in [0, 0.1) is 17.2 Å². The summed E-state index contributed by atoms with van der Waals surface area (Å²) in [6.45, 7) is 3.15. The van der Waals surface area contributed by atoms with Crippen molar-refractivity contribution < 1.29 is 37.7 Å². The van der Waals surface area contributed by atoms with Crippen molar-refractivity contribution in [1.82, 2.24) is 15.2 Å². The second-order valence-corrected chi connectivity index (χ2v) is 12.4. The lowest BCUT2D eigenvalue weighted by Crippen LogP contribution is -2.45. The van der Waals surface area contributed by atoms with Gasteiger partial charge in [0, 0.05) is 36.8 Å². The number of hydrogen-bond donors (Lipinski definition) is 4. The average molecular weight is 652 g/mol. The smallest absolute Gasteiger partial charge is 0.431 e. The van der Waals surface area contributed by atoms with Gasteiger partial charge >= 0.3 is 12.1 Å². The van der Waals surface area contributed by atoms with E-state index in [4.69, 9.17) is 33.3 Å². The third-order valence-electron chi connectivity index (χ3n) is 8.19. The van der Waals surface area contributed by atoms with Crippen LogP contribution >= 0.6 is 23.2 Å². The molecule has 43 heavy (non-hydrogen) atoms. The van der Waals surface area contributed by atoms with Gasteiger partial charge in [-0.3, -0.25) is 14.6 Å². The third kappa shape index (κ3) is 9.54. The number of nitrogens with one attached hydrogen (secondary N) is 2. The number of aliphatic hydroxyl groups excluding tert-OH is 1. The minimum absolute atomic E-state index is 0.0145. The van der Waals surface area contributed by atoms with Gasteiger partial charge in [0.2, 0.25) is 0 Å². The molecule has 240 valence electrons. The minimum Gasteiger partial charge on any atom is -0.466 e. The second-order valence-electron chi connectivity index (χ2n) is 11.6. The van der Waals surface area contributed by atoms with Crippen LogP contribution in [0.1, 0.15) is 76.9 Å². The van der Waals surface area contributed by atoms with E-state index in [0.717, 1.165) is 4.90 Å². The molecule has 0 aromatic carbocycles. The lowest BCUT2D eigenvalue weighted by molar-refractivity contribution is -0.149. The Morgan fingerprint density at radius 2 is 1.77 bits per heavy atom. The molecule has 0 bridgehead atoms. The summed E-state index contributed by atoms with van der Waals surface area (Å²) in [5.74, 6) is -2.03. The Hall–Kier alpha value is -2.41. The Balaban J connectivity index is 1.90. The summed E-state index contributed by atoms with van der Waals surface area (Å²) in [7, 11) is 0. The molecule has 1 heterocycles.